The molecule has 0 aliphatic carbocycles. The minimum absolute atomic E-state index is 0.220. The number of para-hydroxylation sites is 1. The Morgan fingerprint density at radius 2 is 2.20 bits per heavy atom. The van der Waals surface area contributed by atoms with Gasteiger partial charge in [-0.3, -0.25) is 4.79 Å². The van der Waals surface area contributed by atoms with E-state index in [1.165, 1.54) is 18.6 Å². The van der Waals surface area contributed by atoms with Crippen molar-refractivity contribution in [2.45, 2.75) is 18.6 Å². The highest BCUT2D eigenvalue weighted by atomic mass is 35.5. The Hall–Kier alpha value is -2.84. The van der Waals surface area contributed by atoms with Gasteiger partial charge in [-0.2, -0.15) is 4.37 Å². The van der Waals surface area contributed by atoms with Gasteiger partial charge in [0.25, 0.3) is 0 Å². The fourth-order valence-corrected chi connectivity index (χ4v) is 5.18. The lowest BCUT2D eigenvalue weighted by Crippen LogP contribution is -2.56. The van der Waals surface area contributed by atoms with Crippen LogP contribution < -0.4 is 9.75 Å². The van der Waals surface area contributed by atoms with Gasteiger partial charge in [-0.15, -0.1) is 11.6 Å². The van der Waals surface area contributed by atoms with Crippen LogP contribution in [0.1, 0.15) is 17.4 Å². The molecule has 1 amide bonds. The maximum absolute atomic E-state index is 13.0. The highest BCUT2D eigenvalue weighted by molar-refractivity contribution is 7.03. The molecule has 2 aliphatic heterocycles. The number of hydrogen-bond acceptors (Lipinski definition) is 6. The molecule has 2 aromatic heterocycles. The van der Waals surface area contributed by atoms with Crippen LogP contribution in [0.2, 0.25) is 0 Å². The number of methoxy groups -OCH3 is 1. The monoisotopic (exact) mass is 442 g/mol. The van der Waals surface area contributed by atoms with E-state index in [2.05, 4.69) is 15.4 Å². The fourth-order valence-electron chi connectivity index (χ4n) is 4.40. The molecule has 5 rings (SSSR count). The smallest absolute Gasteiger partial charge is 0.329 e. The number of alkyl halides is 1. The van der Waals surface area contributed by atoms with E-state index in [-0.39, 0.29) is 11.8 Å². The second-order valence-corrected chi connectivity index (χ2v) is 8.39. The van der Waals surface area contributed by atoms with Gasteiger partial charge in [-0.1, -0.05) is 18.2 Å². The van der Waals surface area contributed by atoms with Crippen LogP contribution in [-0.2, 0) is 20.7 Å². The number of hydrogen-bond donors (Lipinski definition) is 1. The van der Waals surface area contributed by atoms with Crippen molar-refractivity contribution in [1.29, 1.82) is 0 Å². The molecule has 30 heavy (non-hydrogen) atoms. The van der Waals surface area contributed by atoms with Crippen LogP contribution in [0.4, 0.5) is 0 Å². The van der Waals surface area contributed by atoms with Crippen molar-refractivity contribution in [3.8, 4) is 0 Å². The minimum Gasteiger partial charge on any atom is -0.467 e. The Labute approximate surface area is 181 Å². The lowest BCUT2D eigenvalue weighted by molar-refractivity contribution is -0.157. The van der Waals surface area contributed by atoms with Crippen molar-refractivity contribution in [3.05, 3.63) is 51.5 Å². The van der Waals surface area contributed by atoms with Gasteiger partial charge in [0.15, 0.2) is 0 Å². The summed E-state index contributed by atoms with van der Waals surface area (Å²) in [7, 11) is 1.34. The summed E-state index contributed by atoms with van der Waals surface area (Å²) in [4.78, 5) is 32.8. The maximum atomic E-state index is 13.0. The number of halogens is 1. The predicted molar refractivity (Wildman–Crippen MR) is 115 cm³/mol. The highest BCUT2D eigenvalue weighted by Crippen LogP contribution is 2.40. The third kappa shape index (κ3) is 2.90. The Morgan fingerprint density at radius 1 is 1.37 bits per heavy atom. The van der Waals surface area contributed by atoms with Gasteiger partial charge in [0.1, 0.15) is 18.1 Å². The van der Waals surface area contributed by atoms with Crippen LogP contribution in [-0.4, -0.2) is 56.6 Å². The van der Waals surface area contributed by atoms with Gasteiger partial charge in [-0.05, 0) is 29.2 Å². The number of amides is 1. The average Bonchev–Trinajstić information content (AvgIpc) is 3.40. The second-order valence-electron chi connectivity index (χ2n) is 7.29. The van der Waals surface area contributed by atoms with Crippen molar-refractivity contribution in [2.24, 2.45) is 0 Å². The molecule has 9 heteroatoms. The number of ether oxygens (including phenoxy) is 1. The van der Waals surface area contributed by atoms with Crippen LogP contribution in [0, 0.1) is 0 Å². The van der Waals surface area contributed by atoms with E-state index in [0.717, 1.165) is 31.9 Å². The van der Waals surface area contributed by atoms with Crippen LogP contribution >= 0.6 is 23.1 Å². The molecule has 2 aliphatic rings. The maximum Gasteiger partial charge on any atom is 0.329 e. The van der Waals surface area contributed by atoms with E-state index < -0.39 is 18.2 Å². The molecule has 2 atom stereocenters. The van der Waals surface area contributed by atoms with Crippen molar-refractivity contribution in [2.75, 3.05) is 19.5 Å². The summed E-state index contributed by atoms with van der Waals surface area (Å²) >= 11 is 7.41. The molecule has 0 saturated heterocycles. The molecule has 4 heterocycles. The number of nitrogens with one attached hydrogen (secondary N) is 1. The van der Waals surface area contributed by atoms with Gasteiger partial charge in [0, 0.05) is 41.5 Å². The van der Waals surface area contributed by atoms with Gasteiger partial charge >= 0.3 is 5.97 Å². The number of carbonyl (C=O) groups is 2. The number of H-pyrrole nitrogens is 1. The van der Waals surface area contributed by atoms with Crippen LogP contribution in [0.3, 0.4) is 0 Å². The molecule has 1 aromatic carbocycles. The lowest BCUT2D eigenvalue weighted by atomic mass is 9.93. The summed E-state index contributed by atoms with van der Waals surface area (Å²) in [5, 5.41) is 2.03. The number of benzene rings is 1. The zero-order valence-corrected chi connectivity index (χ0v) is 17.7. The quantitative estimate of drug-likeness (QED) is 0.489. The summed E-state index contributed by atoms with van der Waals surface area (Å²) in [5.74, 6) is -0.986. The number of carbonyl (C=O) groups excluding carboxylic acids is 2. The number of fused-ring (bicyclic) bond motifs is 4. The summed E-state index contributed by atoms with van der Waals surface area (Å²) in [6.07, 6.45) is 5.74. The molecule has 0 saturated carbocycles. The second kappa shape index (κ2) is 7.45. The van der Waals surface area contributed by atoms with Crippen molar-refractivity contribution >= 4 is 58.2 Å². The van der Waals surface area contributed by atoms with Gasteiger partial charge in [0.05, 0.1) is 17.3 Å². The molecular formula is C21H19ClN4O3S. The standard InChI is InChI=1S/C21H19ClN4O3S/c1-29-21(28)16-8-14-13-4-2-3-5-15(13)24-19(14)20(26(16)18(27)9-22)25-7-6-17-12(11-25)10-23-30-17/h2-6,10-11,16,20,24H,7-9H2,1H3/t16-,20+/m1/s1. The summed E-state index contributed by atoms with van der Waals surface area (Å²) in [5.41, 5.74) is 2.88. The lowest BCUT2D eigenvalue weighted by Gasteiger charge is -2.45. The number of aromatic nitrogens is 2. The first-order valence-corrected chi connectivity index (χ1v) is 10.9. The molecule has 0 spiro atoms. The summed E-state index contributed by atoms with van der Waals surface area (Å²) < 4.78 is 10.4. The molecule has 0 bridgehead atoms. The largest absolute Gasteiger partial charge is 0.467 e. The van der Waals surface area contributed by atoms with E-state index in [1.807, 2.05) is 41.6 Å². The van der Waals surface area contributed by atoms with Gasteiger partial charge < -0.3 is 19.5 Å². The van der Waals surface area contributed by atoms with Gasteiger partial charge in [-0.25, -0.2) is 4.79 Å². The average molecular weight is 443 g/mol. The Kier molecular flexibility index (Phi) is 4.75. The van der Waals surface area contributed by atoms with E-state index in [1.54, 1.807) is 4.90 Å². The summed E-state index contributed by atoms with van der Waals surface area (Å²) in [6.45, 7) is 0.578. The van der Waals surface area contributed by atoms with Crippen LogP contribution in [0.5, 0.6) is 0 Å². The highest BCUT2D eigenvalue weighted by Gasteiger charge is 2.45. The van der Waals surface area contributed by atoms with Crippen LogP contribution in [0.25, 0.3) is 23.2 Å². The first kappa shape index (κ1) is 19.1. The number of rotatable bonds is 3. The molecule has 0 fully saturated rings. The normalized spacial score (nSPS) is 20.2. The zero-order valence-electron chi connectivity index (χ0n) is 16.2. The van der Waals surface area contributed by atoms with Gasteiger partial charge in [0.2, 0.25) is 5.91 Å². The summed E-state index contributed by atoms with van der Waals surface area (Å²) in [6, 6.07) is 7.20. The third-order valence-corrected chi connectivity index (χ3v) is 6.75. The van der Waals surface area contributed by atoms with E-state index in [9.17, 15) is 9.59 Å². The molecule has 3 aromatic rings. The zero-order chi connectivity index (χ0) is 20.8. The molecule has 0 radical (unpaired) electrons. The van der Waals surface area contributed by atoms with Crippen molar-refractivity contribution in [3.63, 3.8) is 0 Å². The minimum atomic E-state index is -0.756. The van der Waals surface area contributed by atoms with E-state index >= 15 is 0 Å². The Bertz CT molecular complexity index is 1270. The topological polar surface area (TPSA) is 78.5 Å². The fraction of sp³-hybridized carbons (Fsp3) is 0.286. The van der Waals surface area contributed by atoms with Crippen molar-refractivity contribution in [1.82, 2.24) is 19.2 Å². The van der Waals surface area contributed by atoms with E-state index in [4.69, 9.17) is 16.3 Å². The number of esters is 1. The van der Waals surface area contributed by atoms with E-state index in [0.29, 0.717) is 13.0 Å². The number of aromatic amines is 1. The first-order valence-electron chi connectivity index (χ1n) is 9.55. The Balaban J connectivity index is 1.73. The van der Waals surface area contributed by atoms with Crippen LogP contribution in [0.15, 0.2) is 30.5 Å². The molecule has 1 N–H and O–H groups in total. The van der Waals surface area contributed by atoms with Crippen molar-refractivity contribution < 1.29 is 14.3 Å². The first-order chi connectivity index (χ1) is 14.6. The molecular weight excluding hydrogens is 424 g/mol. The molecule has 0 unspecified atom stereocenters. The molecule has 7 nitrogen and oxygen atoms in total. The predicted octanol–water partition coefficient (Wildman–Crippen LogP) is 1.32. The SMILES string of the molecule is COC(=O)[C@H]1Cc2c([nH]c3ccccc23)[C@@H](N2C=c3cnsc3=CC2)N1C(=O)CCl. The third-order valence-electron chi connectivity index (χ3n) is 5.71. The Morgan fingerprint density at radius 3 is 3.00 bits per heavy atom. The number of nitrogens with zero attached hydrogens (tertiary/aromatic N) is 3. The molecule has 154 valence electrons.